The maximum Gasteiger partial charge on any atom is 0.458 e. The monoisotopic (exact) mass is 546 g/mol. The van der Waals surface area contributed by atoms with Gasteiger partial charge < -0.3 is 4.74 Å². The van der Waals surface area contributed by atoms with Crippen molar-refractivity contribution in [2.45, 2.75) is 83.4 Å². The van der Waals surface area contributed by atoms with Gasteiger partial charge in [-0.2, -0.15) is 22.0 Å². The molecule has 38 heavy (non-hydrogen) atoms. The average molecular weight is 547 g/mol. The maximum atomic E-state index is 14.7. The molecule has 0 radical (unpaired) electrons. The topological polar surface area (TPSA) is 9.23 Å². The quantitative estimate of drug-likeness (QED) is 0.164. The van der Waals surface area contributed by atoms with Gasteiger partial charge in [-0.05, 0) is 48.1 Å². The standard InChI is InChI=1S/C29H30F8O/c1-2-3-4-5-19-6-8-20(9-7-19)12-15-29(36,37)38-22-10-11-23(27(32)18-22)21-16-25(30)24(26(31)17-21)13-14-28(33,34)35/h10-11,16-20H,2-9,12,15H2,1H3. The van der Waals surface area contributed by atoms with Crippen molar-refractivity contribution in [3.8, 4) is 28.7 Å². The van der Waals surface area contributed by atoms with Crippen LogP contribution in [0.4, 0.5) is 35.1 Å². The van der Waals surface area contributed by atoms with E-state index in [4.69, 9.17) is 4.74 Å². The van der Waals surface area contributed by atoms with Crippen molar-refractivity contribution in [2.24, 2.45) is 11.8 Å². The SMILES string of the molecule is CCCCCC1CCC(CCC(F)(F)Oc2ccc(-c3cc(F)c(C#CC(F)(F)F)c(F)c3)c(F)c2)CC1. The lowest BCUT2D eigenvalue weighted by Crippen LogP contribution is -2.26. The van der Waals surface area contributed by atoms with Gasteiger partial charge in [0.05, 0.1) is 12.0 Å². The van der Waals surface area contributed by atoms with Gasteiger partial charge in [0.25, 0.3) is 0 Å². The lowest BCUT2D eigenvalue weighted by atomic mass is 9.78. The molecule has 0 atom stereocenters. The van der Waals surface area contributed by atoms with Crippen molar-refractivity contribution in [3.63, 3.8) is 0 Å². The third-order valence-corrected chi connectivity index (χ3v) is 6.92. The molecule has 0 spiro atoms. The molecule has 0 N–H and O–H groups in total. The zero-order chi connectivity index (χ0) is 27.9. The molecule has 0 amide bonds. The van der Waals surface area contributed by atoms with Crippen molar-refractivity contribution in [1.29, 1.82) is 0 Å². The highest BCUT2D eigenvalue weighted by Crippen LogP contribution is 2.37. The van der Waals surface area contributed by atoms with Crippen molar-refractivity contribution in [3.05, 3.63) is 53.3 Å². The summed E-state index contributed by atoms with van der Waals surface area (Å²) in [6, 6.07) is 3.97. The summed E-state index contributed by atoms with van der Waals surface area (Å²) < 4.78 is 113. The molecule has 208 valence electrons. The van der Waals surface area contributed by atoms with Crippen LogP contribution in [0.3, 0.4) is 0 Å². The van der Waals surface area contributed by atoms with Crippen LogP contribution in [0.5, 0.6) is 5.75 Å². The molecule has 0 unspecified atom stereocenters. The van der Waals surface area contributed by atoms with Crippen LogP contribution in [0.15, 0.2) is 30.3 Å². The van der Waals surface area contributed by atoms with Crippen LogP contribution in [0, 0.1) is 41.1 Å². The molecular formula is C29H30F8O. The Bertz CT molecular complexity index is 1110. The fourth-order valence-corrected chi connectivity index (χ4v) is 4.86. The third-order valence-electron chi connectivity index (χ3n) is 6.92. The Balaban J connectivity index is 1.60. The minimum atomic E-state index is -4.95. The van der Waals surface area contributed by atoms with E-state index in [0.29, 0.717) is 24.1 Å². The third kappa shape index (κ3) is 8.92. The van der Waals surface area contributed by atoms with Crippen LogP contribution in [0.1, 0.15) is 76.7 Å². The molecule has 0 heterocycles. The number of ether oxygens (including phenoxy) is 1. The molecule has 2 aromatic carbocycles. The van der Waals surface area contributed by atoms with Crippen LogP contribution >= 0.6 is 0 Å². The number of rotatable bonds is 10. The second-order valence-electron chi connectivity index (χ2n) is 9.86. The van der Waals surface area contributed by atoms with Gasteiger partial charge >= 0.3 is 12.3 Å². The van der Waals surface area contributed by atoms with Gasteiger partial charge in [0, 0.05) is 17.6 Å². The van der Waals surface area contributed by atoms with Gasteiger partial charge in [-0.25, -0.2) is 13.2 Å². The Kier molecular flexibility index (Phi) is 10.1. The summed E-state index contributed by atoms with van der Waals surface area (Å²) in [7, 11) is 0. The van der Waals surface area contributed by atoms with Gasteiger partial charge in [0.1, 0.15) is 23.2 Å². The first-order valence-corrected chi connectivity index (χ1v) is 12.8. The minimum Gasteiger partial charge on any atom is -0.432 e. The highest BCUT2D eigenvalue weighted by atomic mass is 19.4. The van der Waals surface area contributed by atoms with E-state index in [2.05, 4.69) is 6.92 Å². The van der Waals surface area contributed by atoms with Crippen molar-refractivity contribution in [2.75, 3.05) is 0 Å². The highest BCUT2D eigenvalue weighted by molar-refractivity contribution is 5.66. The van der Waals surface area contributed by atoms with Crippen LogP contribution in [0.25, 0.3) is 11.1 Å². The number of halogens is 8. The number of unbranched alkanes of at least 4 members (excludes halogenated alkanes) is 2. The molecule has 0 aliphatic heterocycles. The summed E-state index contributed by atoms with van der Waals surface area (Å²) >= 11 is 0. The molecule has 2 aromatic rings. The number of benzene rings is 2. The first-order valence-electron chi connectivity index (χ1n) is 12.8. The number of hydrogen-bond donors (Lipinski definition) is 0. The molecular weight excluding hydrogens is 516 g/mol. The van der Waals surface area contributed by atoms with E-state index in [-0.39, 0.29) is 23.5 Å². The van der Waals surface area contributed by atoms with Gasteiger partial charge in [0.2, 0.25) is 0 Å². The second-order valence-corrected chi connectivity index (χ2v) is 9.86. The predicted octanol–water partition coefficient (Wildman–Crippen LogP) is 9.82. The smallest absolute Gasteiger partial charge is 0.432 e. The lowest BCUT2D eigenvalue weighted by molar-refractivity contribution is -0.183. The zero-order valence-corrected chi connectivity index (χ0v) is 21.0. The summed E-state index contributed by atoms with van der Waals surface area (Å²) in [6.07, 6.45) is -0.0106. The zero-order valence-electron chi connectivity index (χ0n) is 21.0. The van der Waals surface area contributed by atoms with Gasteiger partial charge in [-0.3, -0.25) is 0 Å². The van der Waals surface area contributed by atoms with E-state index in [1.165, 1.54) is 31.6 Å². The van der Waals surface area contributed by atoms with Crippen molar-refractivity contribution < 1.29 is 39.9 Å². The first kappa shape index (κ1) is 29.8. The summed E-state index contributed by atoms with van der Waals surface area (Å²) in [5, 5.41) is 0. The Labute approximate surface area is 217 Å². The fraction of sp³-hybridized carbons (Fsp3) is 0.517. The lowest BCUT2D eigenvalue weighted by Gasteiger charge is -2.29. The maximum absolute atomic E-state index is 14.7. The van der Waals surface area contributed by atoms with Gasteiger partial charge in [0.15, 0.2) is 0 Å². The predicted molar refractivity (Wildman–Crippen MR) is 129 cm³/mol. The number of alkyl halides is 5. The van der Waals surface area contributed by atoms with Crippen LogP contribution in [-0.2, 0) is 0 Å². The molecule has 1 aliphatic carbocycles. The summed E-state index contributed by atoms with van der Waals surface area (Å²) in [4.78, 5) is 0. The Hall–Kier alpha value is -2.76. The molecule has 1 nitrogen and oxygen atoms in total. The van der Waals surface area contributed by atoms with E-state index in [0.717, 1.165) is 43.7 Å². The van der Waals surface area contributed by atoms with Crippen molar-refractivity contribution in [1.82, 2.24) is 0 Å². The molecule has 9 heteroatoms. The van der Waals surface area contributed by atoms with Crippen LogP contribution in [-0.4, -0.2) is 12.3 Å². The summed E-state index contributed by atoms with van der Waals surface area (Å²) in [6.45, 7) is 2.16. The second kappa shape index (κ2) is 12.9. The van der Waals surface area contributed by atoms with Gasteiger partial charge in [-0.15, -0.1) is 0 Å². The molecule has 0 bridgehead atoms. The highest BCUT2D eigenvalue weighted by Gasteiger charge is 2.33. The minimum absolute atomic E-state index is 0.194. The molecule has 0 saturated heterocycles. The van der Waals surface area contributed by atoms with E-state index < -0.39 is 47.5 Å². The molecule has 1 aliphatic rings. The fourth-order valence-electron chi connectivity index (χ4n) is 4.86. The summed E-state index contributed by atoms with van der Waals surface area (Å²) in [5.41, 5.74) is -1.79. The van der Waals surface area contributed by atoms with Crippen LogP contribution in [0.2, 0.25) is 0 Å². The van der Waals surface area contributed by atoms with Gasteiger partial charge in [-0.1, -0.05) is 64.2 Å². The Morgan fingerprint density at radius 1 is 0.816 bits per heavy atom. The normalized spacial score (nSPS) is 18.1. The van der Waals surface area contributed by atoms with Crippen LogP contribution < -0.4 is 4.74 Å². The van der Waals surface area contributed by atoms with E-state index >= 15 is 0 Å². The van der Waals surface area contributed by atoms with Crippen molar-refractivity contribution >= 4 is 0 Å². The molecule has 0 aromatic heterocycles. The summed E-state index contributed by atoms with van der Waals surface area (Å²) in [5.74, 6) is -1.37. The van der Waals surface area contributed by atoms with E-state index in [1.807, 2.05) is 0 Å². The largest absolute Gasteiger partial charge is 0.458 e. The first-order chi connectivity index (χ1) is 17.9. The molecule has 3 rings (SSSR count). The van der Waals surface area contributed by atoms with E-state index in [1.54, 1.807) is 0 Å². The average Bonchev–Trinajstić information content (AvgIpc) is 2.82. The van der Waals surface area contributed by atoms with E-state index in [9.17, 15) is 35.1 Å². The molecule has 1 fully saturated rings. The molecule has 1 saturated carbocycles. The Morgan fingerprint density at radius 3 is 1.97 bits per heavy atom. The number of hydrogen-bond acceptors (Lipinski definition) is 1. The Morgan fingerprint density at radius 2 is 1.42 bits per heavy atom.